The predicted molar refractivity (Wildman–Crippen MR) is 111 cm³/mol. The Kier molecular flexibility index (Phi) is 11.2. The Morgan fingerprint density at radius 1 is 1.06 bits per heavy atom. The molecule has 0 amide bonds. The van der Waals surface area contributed by atoms with Crippen molar-refractivity contribution in [3.63, 3.8) is 0 Å². The van der Waals surface area contributed by atoms with Crippen LogP contribution in [0.2, 0.25) is 0 Å². The molecule has 1 rings (SSSR count). The summed E-state index contributed by atoms with van der Waals surface area (Å²) in [6, 6.07) is -2.44. The quantitative estimate of drug-likeness (QED) is 0.0716. The van der Waals surface area contributed by atoms with E-state index in [0.29, 0.717) is 5.56 Å². The first kappa shape index (κ1) is 27.7. The summed E-state index contributed by atoms with van der Waals surface area (Å²) in [6.45, 7) is 1.53. The highest BCUT2D eigenvalue weighted by atomic mass is 16.5. The van der Waals surface area contributed by atoms with Crippen molar-refractivity contribution < 1.29 is 48.5 Å². The monoisotopic (exact) mass is 471 g/mol. The molecule has 9 N–H and O–H groups in total. The average molecular weight is 471 g/mol. The lowest BCUT2D eigenvalue weighted by Gasteiger charge is -2.18. The number of nitrogens with zero attached hydrogens (tertiary/aromatic N) is 1. The molecular weight excluding hydrogens is 440 g/mol. The van der Waals surface area contributed by atoms with E-state index in [9.17, 15) is 24.3 Å². The Hall–Kier alpha value is -3.29. The number of nitrogens with two attached hydrogens (primary N) is 3. The van der Waals surface area contributed by atoms with Gasteiger partial charge in [0.25, 0.3) is 6.47 Å². The maximum absolute atomic E-state index is 11.5. The number of aromatic hydroxyl groups is 1. The van der Waals surface area contributed by atoms with Gasteiger partial charge in [-0.3, -0.25) is 24.9 Å². The number of hydrogen-bond acceptors (Lipinski definition) is 10. The number of pyridine rings is 1. The number of carboxylic acid groups (broad SMARTS) is 2. The molecule has 1 aromatic rings. The van der Waals surface area contributed by atoms with Crippen LogP contribution < -0.4 is 21.8 Å². The molecule has 13 heteroatoms. The first-order valence-corrected chi connectivity index (χ1v) is 10.2. The number of aryl methyl sites for hydroxylation is 1. The second-order valence-corrected chi connectivity index (χ2v) is 7.56. The molecule has 0 spiro atoms. The zero-order chi connectivity index (χ0) is 25.1. The number of rotatable bonds is 15. The fraction of sp³-hybridized carbons (Fsp3) is 0.550. The highest BCUT2D eigenvalue weighted by molar-refractivity contribution is 5.74. The van der Waals surface area contributed by atoms with Crippen LogP contribution >= 0.6 is 0 Å². The summed E-state index contributed by atoms with van der Waals surface area (Å²) >= 11 is 0. The third kappa shape index (κ3) is 9.80. The first-order valence-electron chi connectivity index (χ1n) is 10.2. The number of carbonyl (C=O) groups excluding carboxylic acids is 2. The van der Waals surface area contributed by atoms with Crippen LogP contribution in [-0.4, -0.2) is 64.1 Å². The molecule has 1 heterocycles. The van der Waals surface area contributed by atoms with Gasteiger partial charge in [0.1, 0.15) is 12.1 Å². The zero-order valence-electron chi connectivity index (χ0n) is 18.3. The summed E-state index contributed by atoms with van der Waals surface area (Å²) in [6.07, 6.45) is 1.74. The summed E-state index contributed by atoms with van der Waals surface area (Å²) in [5, 5.41) is 28.7. The molecule has 0 fully saturated rings. The van der Waals surface area contributed by atoms with E-state index in [2.05, 4.69) is 4.74 Å². The van der Waals surface area contributed by atoms with Crippen molar-refractivity contribution in [2.24, 2.45) is 17.2 Å². The Bertz CT molecular complexity index is 849. The summed E-state index contributed by atoms with van der Waals surface area (Å²) in [5.41, 5.74) is 17.5. The molecule has 4 atom stereocenters. The average Bonchev–Trinajstić information content (AvgIpc) is 2.71. The van der Waals surface area contributed by atoms with Crippen LogP contribution in [0.4, 0.5) is 0 Å². The molecule has 0 saturated heterocycles. The van der Waals surface area contributed by atoms with E-state index in [0.717, 1.165) is 0 Å². The van der Waals surface area contributed by atoms with Crippen molar-refractivity contribution >= 4 is 24.4 Å². The van der Waals surface area contributed by atoms with Gasteiger partial charge in [0.2, 0.25) is 6.20 Å². The zero-order valence-corrected chi connectivity index (χ0v) is 18.3. The number of esters is 1. The fourth-order valence-electron chi connectivity index (χ4n) is 3.16. The van der Waals surface area contributed by atoms with Crippen LogP contribution in [-0.2, 0) is 48.0 Å². The third-order valence-corrected chi connectivity index (χ3v) is 4.84. The molecule has 13 nitrogen and oxygen atoms in total. The number of carbonyl (C=O) groups is 4. The molecule has 0 saturated carbocycles. The van der Waals surface area contributed by atoms with Crippen molar-refractivity contribution in [3.05, 3.63) is 23.5 Å². The number of hydrogen-bond donors (Lipinski definition) is 6. The van der Waals surface area contributed by atoms with Crippen LogP contribution in [0.15, 0.2) is 12.4 Å². The summed E-state index contributed by atoms with van der Waals surface area (Å²) in [5.74, 6) is -3.26. The van der Waals surface area contributed by atoms with E-state index < -0.39 is 42.3 Å². The molecule has 4 unspecified atom stereocenters. The van der Waals surface area contributed by atoms with E-state index in [1.54, 1.807) is 6.20 Å². The molecular formula is C20H31N4O9+. The van der Waals surface area contributed by atoms with Crippen LogP contribution in [0.5, 0.6) is 5.75 Å². The minimum Gasteiger partial charge on any atom is -0.503 e. The topological polar surface area (TPSA) is 229 Å². The molecule has 1 aromatic heterocycles. The molecule has 0 radical (unpaired) electrons. The van der Waals surface area contributed by atoms with E-state index in [1.165, 1.54) is 17.7 Å². The number of ether oxygens (including phenoxy) is 2. The lowest BCUT2D eigenvalue weighted by molar-refractivity contribution is -0.704. The molecule has 0 aliphatic rings. The second kappa shape index (κ2) is 13.3. The first-order chi connectivity index (χ1) is 15.4. The highest BCUT2D eigenvalue weighted by Gasteiger charge is 2.25. The smallest absolute Gasteiger partial charge is 0.320 e. The van der Waals surface area contributed by atoms with Crippen molar-refractivity contribution in [2.45, 2.75) is 70.0 Å². The number of aromatic nitrogens is 1. The summed E-state index contributed by atoms with van der Waals surface area (Å²) in [4.78, 5) is 44.1. The van der Waals surface area contributed by atoms with Gasteiger partial charge < -0.3 is 36.3 Å². The lowest BCUT2D eigenvalue weighted by Crippen LogP contribution is -2.43. The normalized spacial score (nSPS) is 14.5. The summed E-state index contributed by atoms with van der Waals surface area (Å²) < 4.78 is 11.4. The van der Waals surface area contributed by atoms with E-state index in [1.807, 2.05) is 0 Å². The number of carboxylic acids is 2. The van der Waals surface area contributed by atoms with E-state index in [4.69, 9.17) is 32.2 Å². The van der Waals surface area contributed by atoms with Crippen molar-refractivity contribution in [1.82, 2.24) is 0 Å². The minimum atomic E-state index is -1.29. The van der Waals surface area contributed by atoms with Gasteiger partial charge in [-0.1, -0.05) is 0 Å². The van der Waals surface area contributed by atoms with E-state index in [-0.39, 0.29) is 56.4 Å². The van der Waals surface area contributed by atoms with Gasteiger partial charge in [-0.2, -0.15) is 4.57 Å². The molecule has 0 aliphatic carbocycles. The van der Waals surface area contributed by atoms with Gasteiger partial charge >= 0.3 is 17.9 Å². The Morgan fingerprint density at radius 2 is 1.70 bits per heavy atom. The van der Waals surface area contributed by atoms with Crippen molar-refractivity contribution in [3.8, 4) is 5.75 Å². The molecule has 0 aliphatic heterocycles. The van der Waals surface area contributed by atoms with Gasteiger partial charge in [0.05, 0.1) is 0 Å². The standard InChI is InChI=1S/C20H30N4O9/c1-11(26)33-13(3-5-18(23)32-10-25)8-24-7-12(2-4-15(21)19(28)29)14(17(27)9-24)6-16(22)20(30)31/h7,9-10,13,15-16,18H,2-6,8,21-23H2,1H3,(H2-,27,28,29,30,31)/p+1. The van der Waals surface area contributed by atoms with Gasteiger partial charge in [-0.25, -0.2) is 0 Å². The van der Waals surface area contributed by atoms with Gasteiger partial charge in [0.15, 0.2) is 30.8 Å². The van der Waals surface area contributed by atoms with Crippen LogP contribution in [0, 0.1) is 0 Å². The van der Waals surface area contributed by atoms with Crippen molar-refractivity contribution in [1.29, 1.82) is 0 Å². The minimum absolute atomic E-state index is 0.0271. The van der Waals surface area contributed by atoms with Crippen LogP contribution in [0.25, 0.3) is 0 Å². The predicted octanol–water partition coefficient (Wildman–Crippen LogP) is -1.85. The molecule has 33 heavy (non-hydrogen) atoms. The van der Waals surface area contributed by atoms with E-state index >= 15 is 0 Å². The number of aliphatic carboxylic acids is 2. The second-order valence-electron chi connectivity index (χ2n) is 7.56. The summed E-state index contributed by atoms with van der Waals surface area (Å²) in [7, 11) is 0. The largest absolute Gasteiger partial charge is 0.503 e. The van der Waals surface area contributed by atoms with Gasteiger partial charge in [-0.05, 0) is 19.3 Å². The van der Waals surface area contributed by atoms with Gasteiger partial charge in [0, 0.05) is 30.9 Å². The molecule has 0 bridgehead atoms. The Labute approximate surface area is 190 Å². The Morgan fingerprint density at radius 3 is 2.24 bits per heavy atom. The highest BCUT2D eigenvalue weighted by Crippen LogP contribution is 2.22. The fourth-order valence-corrected chi connectivity index (χ4v) is 3.16. The SMILES string of the molecule is CC(=O)OC(CCC(N)OC=O)C[n+]1cc(O)c(CC(N)C(=O)O)c(CCC(N)C(=O)O)c1. The van der Waals surface area contributed by atoms with Crippen LogP contribution in [0.3, 0.4) is 0 Å². The van der Waals surface area contributed by atoms with Gasteiger partial charge in [-0.15, -0.1) is 0 Å². The maximum atomic E-state index is 11.5. The molecule has 0 aromatic carbocycles. The maximum Gasteiger partial charge on any atom is 0.320 e. The molecule has 184 valence electrons. The lowest BCUT2D eigenvalue weighted by atomic mass is 9.96. The third-order valence-electron chi connectivity index (χ3n) is 4.84. The van der Waals surface area contributed by atoms with Crippen molar-refractivity contribution in [2.75, 3.05) is 0 Å². The van der Waals surface area contributed by atoms with Crippen LogP contribution in [0.1, 0.15) is 37.3 Å². The Balaban J connectivity index is 3.18.